The maximum atomic E-state index is 5.90. The van der Waals surface area contributed by atoms with Crippen molar-refractivity contribution in [2.75, 3.05) is 7.11 Å². The fraction of sp³-hybridized carbons (Fsp3) is 0.250. The Morgan fingerprint density at radius 3 is 2.28 bits per heavy atom. The minimum absolute atomic E-state index is 0.558. The van der Waals surface area contributed by atoms with Crippen molar-refractivity contribution in [3.8, 4) is 11.5 Å². The molecule has 0 aliphatic carbocycles. The Bertz CT molecular complexity index is 512. The monoisotopic (exact) mass is 242 g/mol. The van der Waals surface area contributed by atoms with E-state index in [4.69, 9.17) is 9.47 Å². The van der Waals surface area contributed by atoms with E-state index in [1.165, 1.54) is 0 Å². The lowest BCUT2D eigenvalue weighted by atomic mass is 10.1. The molecule has 0 saturated heterocycles. The Hall–Kier alpha value is -1.96. The maximum Gasteiger partial charge on any atom is 0.125 e. The highest BCUT2D eigenvalue weighted by molar-refractivity contribution is 5.40. The summed E-state index contributed by atoms with van der Waals surface area (Å²) in [7, 11) is 1.67. The quantitative estimate of drug-likeness (QED) is 0.809. The van der Waals surface area contributed by atoms with E-state index < -0.39 is 0 Å². The molecule has 2 heteroatoms. The van der Waals surface area contributed by atoms with E-state index in [0.29, 0.717) is 6.61 Å². The van der Waals surface area contributed by atoms with Crippen molar-refractivity contribution in [1.82, 2.24) is 0 Å². The Morgan fingerprint density at radius 1 is 0.944 bits per heavy atom. The second kappa shape index (κ2) is 5.58. The third kappa shape index (κ3) is 2.83. The number of ether oxygens (including phenoxy) is 2. The van der Waals surface area contributed by atoms with Gasteiger partial charge in [-0.1, -0.05) is 30.3 Å². The van der Waals surface area contributed by atoms with Crippen LogP contribution >= 0.6 is 0 Å². The minimum atomic E-state index is 0.558. The molecule has 0 saturated carbocycles. The highest BCUT2D eigenvalue weighted by atomic mass is 16.5. The lowest BCUT2D eigenvalue weighted by Gasteiger charge is -2.12. The molecular weight excluding hydrogens is 224 g/mol. The van der Waals surface area contributed by atoms with E-state index in [-0.39, 0.29) is 0 Å². The molecule has 0 N–H and O–H groups in total. The Labute approximate surface area is 108 Å². The lowest BCUT2D eigenvalue weighted by Crippen LogP contribution is -1.99. The first-order valence-corrected chi connectivity index (χ1v) is 6.02. The van der Waals surface area contributed by atoms with Crippen molar-refractivity contribution in [2.24, 2.45) is 0 Å². The zero-order valence-electron chi connectivity index (χ0n) is 11.1. The zero-order chi connectivity index (χ0) is 13.0. The van der Waals surface area contributed by atoms with Crippen LogP contribution in [0.4, 0.5) is 0 Å². The molecule has 0 amide bonds. The van der Waals surface area contributed by atoms with Crippen molar-refractivity contribution >= 4 is 0 Å². The van der Waals surface area contributed by atoms with Gasteiger partial charge < -0.3 is 9.47 Å². The Kier molecular flexibility index (Phi) is 3.88. The molecule has 0 heterocycles. The standard InChI is InChI=1S/C16H18O2/c1-12-6-4-7-13(2)16(12)18-11-14-8-5-9-15(10-14)17-3/h4-10H,11H2,1-3H3. The van der Waals surface area contributed by atoms with Gasteiger partial charge in [-0.2, -0.15) is 0 Å². The van der Waals surface area contributed by atoms with Crippen molar-refractivity contribution < 1.29 is 9.47 Å². The summed E-state index contributed by atoms with van der Waals surface area (Å²) < 4.78 is 11.1. The van der Waals surface area contributed by atoms with E-state index in [2.05, 4.69) is 26.0 Å². The third-order valence-corrected chi connectivity index (χ3v) is 2.93. The van der Waals surface area contributed by atoms with Gasteiger partial charge in [-0.25, -0.2) is 0 Å². The molecule has 0 aliphatic rings. The van der Waals surface area contributed by atoms with Crippen LogP contribution in [-0.4, -0.2) is 7.11 Å². The SMILES string of the molecule is COc1cccc(COc2c(C)cccc2C)c1. The second-order valence-corrected chi connectivity index (χ2v) is 4.36. The highest BCUT2D eigenvalue weighted by Gasteiger charge is 2.04. The minimum Gasteiger partial charge on any atom is -0.497 e. The number of para-hydroxylation sites is 1. The zero-order valence-corrected chi connectivity index (χ0v) is 11.1. The van der Waals surface area contributed by atoms with Crippen molar-refractivity contribution in [1.29, 1.82) is 0 Å². The van der Waals surface area contributed by atoms with Gasteiger partial charge in [0.05, 0.1) is 7.11 Å². The van der Waals surface area contributed by atoms with Gasteiger partial charge in [-0.15, -0.1) is 0 Å². The fourth-order valence-electron chi connectivity index (χ4n) is 1.94. The van der Waals surface area contributed by atoms with E-state index in [9.17, 15) is 0 Å². The molecule has 0 aromatic heterocycles. The van der Waals surface area contributed by atoms with Crippen LogP contribution in [0.1, 0.15) is 16.7 Å². The predicted molar refractivity (Wildman–Crippen MR) is 73.2 cm³/mol. The largest absolute Gasteiger partial charge is 0.497 e. The average molecular weight is 242 g/mol. The van der Waals surface area contributed by atoms with Crippen LogP contribution in [0.3, 0.4) is 0 Å². The molecule has 0 unspecified atom stereocenters. The van der Waals surface area contributed by atoms with Crippen LogP contribution in [-0.2, 0) is 6.61 Å². The predicted octanol–water partition coefficient (Wildman–Crippen LogP) is 3.89. The molecule has 0 aliphatic heterocycles. The first kappa shape index (κ1) is 12.5. The molecular formula is C16H18O2. The number of aryl methyl sites for hydroxylation is 2. The summed E-state index contributed by atoms with van der Waals surface area (Å²) in [6.07, 6.45) is 0. The van der Waals surface area contributed by atoms with Gasteiger partial charge in [0.2, 0.25) is 0 Å². The van der Waals surface area contributed by atoms with Crippen molar-refractivity contribution in [3.05, 3.63) is 59.2 Å². The summed E-state index contributed by atoms with van der Waals surface area (Å²) in [4.78, 5) is 0. The molecule has 94 valence electrons. The number of rotatable bonds is 4. The molecule has 2 rings (SSSR count). The van der Waals surface area contributed by atoms with Crippen molar-refractivity contribution in [3.63, 3.8) is 0 Å². The van der Waals surface area contributed by atoms with E-state index >= 15 is 0 Å². The molecule has 0 spiro atoms. The summed E-state index contributed by atoms with van der Waals surface area (Å²) in [5.74, 6) is 1.83. The van der Waals surface area contributed by atoms with Gasteiger partial charge in [0.25, 0.3) is 0 Å². The summed E-state index contributed by atoms with van der Waals surface area (Å²) in [5, 5.41) is 0. The third-order valence-electron chi connectivity index (χ3n) is 2.93. The summed E-state index contributed by atoms with van der Waals surface area (Å²) in [6, 6.07) is 14.1. The van der Waals surface area contributed by atoms with Crippen LogP contribution in [0.15, 0.2) is 42.5 Å². The van der Waals surface area contributed by atoms with E-state index in [1.807, 2.05) is 30.3 Å². The van der Waals surface area contributed by atoms with E-state index in [0.717, 1.165) is 28.2 Å². The number of hydrogen-bond donors (Lipinski definition) is 0. The van der Waals surface area contributed by atoms with Crippen LogP contribution in [0.25, 0.3) is 0 Å². The summed E-state index contributed by atoms with van der Waals surface area (Å²) >= 11 is 0. The summed E-state index contributed by atoms with van der Waals surface area (Å²) in [6.45, 7) is 4.69. The average Bonchev–Trinajstić information content (AvgIpc) is 2.38. The summed E-state index contributed by atoms with van der Waals surface area (Å²) in [5.41, 5.74) is 3.44. The smallest absolute Gasteiger partial charge is 0.125 e. The Morgan fingerprint density at radius 2 is 1.61 bits per heavy atom. The topological polar surface area (TPSA) is 18.5 Å². The highest BCUT2D eigenvalue weighted by Crippen LogP contribution is 2.24. The lowest BCUT2D eigenvalue weighted by molar-refractivity contribution is 0.301. The van der Waals surface area contributed by atoms with Gasteiger partial charge in [-0.3, -0.25) is 0 Å². The number of benzene rings is 2. The Balaban J connectivity index is 2.11. The molecule has 0 fully saturated rings. The van der Waals surface area contributed by atoms with Gasteiger partial charge >= 0.3 is 0 Å². The molecule has 0 bridgehead atoms. The van der Waals surface area contributed by atoms with Gasteiger partial charge in [0, 0.05) is 0 Å². The van der Waals surface area contributed by atoms with Crippen LogP contribution in [0.5, 0.6) is 11.5 Å². The van der Waals surface area contributed by atoms with Crippen LogP contribution in [0.2, 0.25) is 0 Å². The fourth-order valence-corrected chi connectivity index (χ4v) is 1.94. The number of methoxy groups -OCH3 is 1. The second-order valence-electron chi connectivity index (χ2n) is 4.36. The molecule has 2 nitrogen and oxygen atoms in total. The first-order valence-electron chi connectivity index (χ1n) is 6.02. The molecule has 2 aromatic carbocycles. The first-order chi connectivity index (χ1) is 8.70. The molecule has 2 aromatic rings. The normalized spacial score (nSPS) is 10.2. The molecule has 18 heavy (non-hydrogen) atoms. The van der Waals surface area contributed by atoms with E-state index in [1.54, 1.807) is 7.11 Å². The molecule has 0 atom stereocenters. The van der Waals surface area contributed by atoms with Crippen LogP contribution < -0.4 is 9.47 Å². The molecule has 0 radical (unpaired) electrons. The van der Waals surface area contributed by atoms with Gasteiger partial charge in [0.1, 0.15) is 18.1 Å². The van der Waals surface area contributed by atoms with Crippen molar-refractivity contribution in [2.45, 2.75) is 20.5 Å². The van der Waals surface area contributed by atoms with Gasteiger partial charge in [0.15, 0.2) is 0 Å². The van der Waals surface area contributed by atoms with Gasteiger partial charge in [-0.05, 0) is 42.7 Å². The number of hydrogen-bond acceptors (Lipinski definition) is 2. The maximum absolute atomic E-state index is 5.90. The van der Waals surface area contributed by atoms with Crippen LogP contribution in [0, 0.1) is 13.8 Å².